The zero-order valence-corrected chi connectivity index (χ0v) is 18.5. The minimum absolute atomic E-state index is 0.143. The molecule has 1 atom stereocenters. The normalized spacial score (nSPS) is 16.4. The van der Waals surface area contributed by atoms with Crippen LogP contribution < -0.4 is 4.74 Å². The van der Waals surface area contributed by atoms with Crippen molar-refractivity contribution in [3.8, 4) is 5.75 Å². The number of fused-ring (bicyclic) bond motifs is 1. The topological polar surface area (TPSA) is 85.0 Å². The molecule has 0 amide bonds. The Kier molecular flexibility index (Phi) is 5.11. The van der Waals surface area contributed by atoms with Crippen molar-refractivity contribution in [3.05, 3.63) is 89.5 Å². The van der Waals surface area contributed by atoms with Gasteiger partial charge in [0.15, 0.2) is 0 Å². The van der Waals surface area contributed by atoms with Crippen molar-refractivity contribution in [2.45, 2.75) is 17.4 Å². The van der Waals surface area contributed by atoms with Crippen LogP contribution in [0.2, 0.25) is 5.15 Å². The van der Waals surface area contributed by atoms with E-state index in [2.05, 4.69) is 10.1 Å². The smallest absolute Gasteiger partial charge is 0.279 e. The SMILES string of the molecule is COc1ccc2cc([C@H]3CC(c4ccco4)=NN3S(=O)(=O)c3ccccc3)c(Cl)nc2c1. The van der Waals surface area contributed by atoms with Crippen LogP contribution in [0.4, 0.5) is 0 Å². The number of aromatic nitrogens is 1. The molecule has 0 saturated heterocycles. The number of rotatable bonds is 5. The third-order valence-electron chi connectivity index (χ3n) is 5.33. The molecule has 5 rings (SSSR count). The molecule has 4 aromatic rings. The van der Waals surface area contributed by atoms with Crippen LogP contribution in [0.15, 0.2) is 87.4 Å². The molecule has 2 aromatic heterocycles. The van der Waals surface area contributed by atoms with E-state index in [1.54, 1.807) is 55.6 Å². The lowest BCUT2D eigenvalue weighted by Gasteiger charge is -2.24. The Morgan fingerprint density at radius 1 is 1.09 bits per heavy atom. The van der Waals surface area contributed by atoms with Gasteiger partial charge in [-0.25, -0.2) is 4.98 Å². The third-order valence-corrected chi connectivity index (χ3v) is 7.33. The first-order valence-electron chi connectivity index (χ1n) is 9.82. The van der Waals surface area contributed by atoms with Gasteiger partial charge in [-0.3, -0.25) is 0 Å². The largest absolute Gasteiger partial charge is 0.497 e. The van der Waals surface area contributed by atoms with Gasteiger partial charge in [0.1, 0.15) is 22.4 Å². The third kappa shape index (κ3) is 3.51. The molecule has 9 heteroatoms. The molecule has 0 N–H and O–H groups in total. The fourth-order valence-corrected chi connectivity index (χ4v) is 5.45. The van der Waals surface area contributed by atoms with Gasteiger partial charge in [-0.2, -0.15) is 17.9 Å². The quantitative estimate of drug-likeness (QED) is 0.384. The minimum Gasteiger partial charge on any atom is -0.497 e. The fraction of sp³-hybridized carbons (Fsp3) is 0.130. The minimum atomic E-state index is -3.94. The summed E-state index contributed by atoms with van der Waals surface area (Å²) in [6.45, 7) is 0. The molecule has 0 radical (unpaired) electrons. The maximum absolute atomic E-state index is 13.5. The molecule has 7 nitrogen and oxygen atoms in total. The molecule has 1 aliphatic heterocycles. The van der Waals surface area contributed by atoms with Gasteiger partial charge in [0, 0.05) is 23.4 Å². The van der Waals surface area contributed by atoms with Gasteiger partial charge in [0.25, 0.3) is 10.0 Å². The lowest BCUT2D eigenvalue weighted by Crippen LogP contribution is -2.27. The number of hydrazone groups is 1. The van der Waals surface area contributed by atoms with Crippen molar-refractivity contribution in [1.82, 2.24) is 9.40 Å². The summed E-state index contributed by atoms with van der Waals surface area (Å²) in [6, 6.07) is 18.3. The molecule has 3 heterocycles. The summed E-state index contributed by atoms with van der Waals surface area (Å²) in [5.41, 5.74) is 1.74. The lowest BCUT2D eigenvalue weighted by molar-refractivity contribution is 0.371. The molecule has 0 fully saturated rings. The van der Waals surface area contributed by atoms with Gasteiger partial charge in [-0.05, 0) is 42.5 Å². The van der Waals surface area contributed by atoms with Gasteiger partial charge in [0.2, 0.25) is 0 Å². The molecule has 1 aliphatic rings. The molecule has 32 heavy (non-hydrogen) atoms. The predicted molar refractivity (Wildman–Crippen MR) is 121 cm³/mol. The molecule has 2 aromatic carbocycles. The van der Waals surface area contributed by atoms with Crippen LogP contribution >= 0.6 is 11.6 Å². The maximum atomic E-state index is 13.5. The Hall–Kier alpha value is -3.36. The van der Waals surface area contributed by atoms with E-state index in [1.807, 2.05) is 18.2 Å². The van der Waals surface area contributed by atoms with Crippen molar-refractivity contribution < 1.29 is 17.6 Å². The fourth-order valence-electron chi connectivity index (χ4n) is 3.73. The number of nitrogens with zero attached hydrogens (tertiary/aromatic N) is 3. The van der Waals surface area contributed by atoms with Gasteiger partial charge in [0.05, 0.1) is 29.8 Å². The van der Waals surface area contributed by atoms with E-state index in [4.69, 9.17) is 20.8 Å². The first kappa shape index (κ1) is 20.5. The van der Waals surface area contributed by atoms with Crippen LogP contribution in [0.3, 0.4) is 0 Å². The number of furan rings is 1. The second kappa shape index (κ2) is 7.96. The summed E-state index contributed by atoms with van der Waals surface area (Å²) in [5.74, 6) is 1.17. The van der Waals surface area contributed by atoms with Gasteiger partial charge >= 0.3 is 0 Å². The maximum Gasteiger partial charge on any atom is 0.279 e. The van der Waals surface area contributed by atoms with Crippen LogP contribution in [0.5, 0.6) is 5.75 Å². The average molecular weight is 468 g/mol. The second-order valence-corrected chi connectivity index (χ2v) is 9.42. The van der Waals surface area contributed by atoms with Crippen molar-refractivity contribution in [2.24, 2.45) is 5.10 Å². The van der Waals surface area contributed by atoms with Crippen LogP contribution in [0.25, 0.3) is 10.9 Å². The number of benzene rings is 2. The molecular formula is C23H18ClN3O4S. The average Bonchev–Trinajstić information content (AvgIpc) is 3.49. The van der Waals surface area contributed by atoms with Crippen LogP contribution in [-0.2, 0) is 10.0 Å². The zero-order chi connectivity index (χ0) is 22.3. The van der Waals surface area contributed by atoms with Crippen LogP contribution in [0, 0.1) is 0 Å². The Balaban J connectivity index is 1.64. The summed E-state index contributed by atoms with van der Waals surface area (Å²) in [4.78, 5) is 4.64. The Bertz CT molecular complexity index is 1420. The molecule has 0 saturated carbocycles. The molecule has 0 bridgehead atoms. The summed E-state index contributed by atoms with van der Waals surface area (Å²) < 4.78 is 38.8. The van der Waals surface area contributed by atoms with Gasteiger partial charge in [-0.15, -0.1) is 0 Å². The standard InChI is InChI=1S/C23H18ClN3O4S/c1-30-16-10-9-15-12-18(23(24)25-19(15)13-16)21-14-20(22-8-5-11-31-22)26-27(21)32(28,29)17-6-3-2-4-7-17/h2-13,21H,14H2,1H3/t21-/m1/s1. The van der Waals surface area contributed by atoms with Crippen molar-refractivity contribution >= 4 is 38.2 Å². The van der Waals surface area contributed by atoms with E-state index in [0.29, 0.717) is 34.7 Å². The summed E-state index contributed by atoms with van der Waals surface area (Å²) >= 11 is 6.57. The molecular weight excluding hydrogens is 450 g/mol. The van der Waals surface area contributed by atoms with E-state index in [9.17, 15) is 8.42 Å². The first-order valence-corrected chi connectivity index (χ1v) is 11.6. The van der Waals surface area contributed by atoms with Gasteiger partial charge < -0.3 is 9.15 Å². The highest BCUT2D eigenvalue weighted by atomic mass is 35.5. The second-order valence-electron chi connectivity index (χ2n) is 7.26. The molecule has 0 aliphatic carbocycles. The Morgan fingerprint density at radius 2 is 1.91 bits per heavy atom. The molecule has 162 valence electrons. The van der Waals surface area contributed by atoms with E-state index in [0.717, 1.165) is 9.80 Å². The van der Waals surface area contributed by atoms with E-state index in [-0.39, 0.29) is 10.0 Å². The number of pyridine rings is 1. The van der Waals surface area contributed by atoms with Crippen molar-refractivity contribution in [2.75, 3.05) is 7.11 Å². The molecule has 0 spiro atoms. The first-order chi connectivity index (χ1) is 15.5. The van der Waals surface area contributed by atoms with Crippen molar-refractivity contribution in [3.63, 3.8) is 0 Å². The Labute approximate surface area is 189 Å². The molecule has 0 unspecified atom stereocenters. The highest BCUT2D eigenvalue weighted by Crippen LogP contribution is 2.40. The predicted octanol–water partition coefficient (Wildman–Crippen LogP) is 5.03. The van der Waals surface area contributed by atoms with Crippen LogP contribution in [-0.4, -0.2) is 30.6 Å². The summed E-state index contributed by atoms with van der Waals surface area (Å²) in [6.07, 6.45) is 1.82. The van der Waals surface area contributed by atoms with E-state index in [1.165, 1.54) is 6.26 Å². The van der Waals surface area contributed by atoms with E-state index < -0.39 is 16.1 Å². The Morgan fingerprint density at radius 3 is 2.62 bits per heavy atom. The zero-order valence-electron chi connectivity index (χ0n) is 17.0. The summed E-state index contributed by atoms with van der Waals surface area (Å²) in [7, 11) is -2.36. The number of hydrogen-bond donors (Lipinski definition) is 0. The number of halogens is 1. The monoisotopic (exact) mass is 467 g/mol. The highest BCUT2D eigenvalue weighted by molar-refractivity contribution is 7.89. The van der Waals surface area contributed by atoms with E-state index >= 15 is 0 Å². The number of hydrogen-bond acceptors (Lipinski definition) is 6. The number of methoxy groups -OCH3 is 1. The van der Waals surface area contributed by atoms with Crippen molar-refractivity contribution in [1.29, 1.82) is 0 Å². The van der Waals surface area contributed by atoms with Gasteiger partial charge in [-0.1, -0.05) is 29.8 Å². The number of ether oxygens (including phenoxy) is 1. The highest BCUT2D eigenvalue weighted by Gasteiger charge is 2.39. The summed E-state index contributed by atoms with van der Waals surface area (Å²) in [5, 5.41) is 5.47. The number of sulfonamides is 1. The van der Waals surface area contributed by atoms with Crippen LogP contribution in [0.1, 0.15) is 23.8 Å². The lowest BCUT2D eigenvalue weighted by atomic mass is 10.0.